The third-order valence-electron chi connectivity index (χ3n) is 5.36. The monoisotopic (exact) mass is 314 g/mol. The normalized spacial score (nSPS) is 29.3. The molecule has 2 aliphatic rings. The lowest BCUT2D eigenvalue weighted by Gasteiger charge is -2.24. The van der Waals surface area contributed by atoms with Crippen LogP contribution in [0.2, 0.25) is 0 Å². The standard InChI is InChI=1S/C18H22N2O3/c1-4-13-15(18(21)22-3)17-16-12(9-10-20(13)23-17)11-7-5-6-8-14(11)19(16)2/h5-8,13,15,17H,4,9-10H2,1-3H3/t13-,15-,17-/m1/s1. The first-order chi connectivity index (χ1) is 11.2. The van der Waals surface area contributed by atoms with E-state index in [0.29, 0.717) is 0 Å². The van der Waals surface area contributed by atoms with E-state index in [0.717, 1.165) is 25.1 Å². The molecule has 1 aromatic heterocycles. The smallest absolute Gasteiger partial charge is 0.313 e. The Labute approximate surface area is 135 Å². The molecule has 1 aromatic carbocycles. The average Bonchev–Trinajstić information content (AvgIpc) is 2.98. The third kappa shape index (κ3) is 1.96. The Hall–Kier alpha value is -1.85. The van der Waals surface area contributed by atoms with Crippen molar-refractivity contribution in [3.05, 3.63) is 35.5 Å². The summed E-state index contributed by atoms with van der Waals surface area (Å²) in [5, 5.41) is 3.26. The zero-order chi connectivity index (χ0) is 16.1. The van der Waals surface area contributed by atoms with Crippen LogP contribution in [-0.2, 0) is 27.8 Å². The van der Waals surface area contributed by atoms with Gasteiger partial charge in [0.15, 0.2) is 0 Å². The number of nitrogens with zero attached hydrogens (tertiary/aromatic N) is 2. The van der Waals surface area contributed by atoms with Crippen LogP contribution >= 0.6 is 0 Å². The van der Waals surface area contributed by atoms with E-state index in [2.05, 4.69) is 42.8 Å². The van der Waals surface area contributed by atoms with Crippen molar-refractivity contribution in [2.24, 2.45) is 13.0 Å². The summed E-state index contributed by atoms with van der Waals surface area (Å²) in [7, 11) is 3.52. The van der Waals surface area contributed by atoms with Gasteiger partial charge in [0.25, 0.3) is 0 Å². The van der Waals surface area contributed by atoms with Gasteiger partial charge >= 0.3 is 5.97 Å². The number of aryl methyl sites for hydroxylation is 1. The molecule has 4 rings (SSSR count). The molecule has 122 valence electrons. The Balaban J connectivity index is 1.92. The summed E-state index contributed by atoms with van der Waals surface area (Å²) in [6, 6.07) is 8.49. The molecule has 2 aliphatic heterocycles. The average molecular weight is 314 g/mol. The van der Waals surface area contributed by atoms with Crippen molar-refractivity contribution in [3.8, 4) is 0 Å². The first-order valence-corrected chi connectivity index (χ1v) is 8.24. The lowest BCUT2D eigenvalue weighted by atomic mass is 9.87. The van der Waals surface area contributed by atoms with Crippen LogP contribution in [0, 0.1) is 5.92 Å². The molecule has 0 saturated carbocycles. The summed E-state index contributed by atoms with van der Waals surface area (Å²) in [4.78, 5) is 18.6. The highest BCUT2D eigenvalue weighted by atomic mass is 16.7. The maximum absolute atomic E-state index is 12.4. The second-order valence-corrected chi connectivity index (χ2v) is 6.38. The maximum atomic E-state index is 12.4. The molecule has 0 radical (unpaired) electrons. The number of methoxy groups -OCH3 is 1. The zero-order valence-corrected chi connectivity index (χ0v) is 13.8. The molecule has 4 atom stereocenters. The molecule has 0 amide bonds. The van der Waals surface area contributed by atoms with Crippen LogP contribution in [0.15, 0.2) is 24.3 Å². The highest BCUT2D eigenvalue weighted by Gasteiger charge is 2.51. The molecule has 23 heavy (non-hydrogen) atoms. The molecule has 1 saturated heterocycles. The van der Waals surface area contributed by atoms with Crippen LogP contribution in [0.4, 0.5) is 0 Å². The van der Waals surface area contributed by atoms with E-state index in [1.54, 1.807) is 0 Å². The summed E-state index contributed by atoms with van der Waals surface area (Å²) in [5.74, 6) is -0.450. The number of rotatable bonds is 2. The quantitative estimate of drug-likeness (QED) is 0.799. The number of fused-ring (bicyclic) bond motifs is 6. The zero-order valence-electron chi connectivity index (χ0n) is 13.8. The fourth-order valence-corrected chi connectivity index (χ4v) is 4.32. The van der Waals surface area contributed by atoms with Gasteiger partial charge in [-0.1, -0.05) is 25.1 Å². The Morgan fingerprint density at radius 1 is 1.39 bits per heavy atom. The topological polar surface area (TPSA) is 43.7 Å². The summed E-state index contributed by atoms with van der Waals surface area (Å²) >= 11 is 0. The predicted octanol–water partition coefficient (Wildman–Crippen LogP) is 2.59. The van der Waals surface area contributed by atoms with Crippen LogP contribution < -0.4 is 0 Å². The number of aromatic nitrogens is 1. The minimum atomic E-state index is -0.271. The summed E-state index contributed by atoms with van der Waals surface area (Å²) < 4.78 is 7.28. The van der Waals surface area contributed by atoms with E-state index in [-0.39, 0.29) is 24.0 Å². The number of ether oxygens (including phenoxy) is 1. The molecule has 2 bridgehead atoms. The van der Waals surface area contributed by atoms with Gasteiger partial charge in [0, 0.05) is 24.5 Å². The van der Waals surface area contributed by atoms with Crippen molar-refractivity contribution >= 4 is 16.9 Å². The molecule has 0 aliphatic carbocycles. The van der Waals surface area contributed by atoms with Crippen LogP contribution in [0.3, 0.4) is 0 Å². The van der Waals surface area contributed by atoms with Gasteiger partial charge in [-0.05, 0) is 24.5 Å². The highest BCUT2D eigenvalue weighted by Crippen LogP contribution is 2.46. The Kier molecular flexibility index (Phi) is 3.43. The Morgan fingerprint density at radius 3 is 2.91 bits per heavy atom. The van der Waals surface area contributed by atoms with Crippen molar-refractivity contribution in [1.29, 1.82) is 0 Å². The molecule has 1 unspecified atom stereocenters. The van der Waals surface area contributed by atoms with Gasteiger partial charge in [0.2, 0.25) is 0 Å². The highest BCUT2D eigenvalue weighted by molar-refractivity contribution is 5.86. The minimum absolute atomic E-state index is 0.0820. The van der Waals surface area contributed by atoms with Gasteiger partial charge in [0.1, 0.15) is 12.0 Å². The van der Waals surface area contributed by atoms with E-state index in [1.807, 2.05) is 5.06 Å². The van der Waals surface area contributed by atoms with Crippen molar-refractivity contribution in [2.75, 3.05) is 13.7 Å². The minimum Gasteiger partial charge on any atom is -0.469 e. The molecule has 0 N–H and O–H groups in total. The second-order valence-electron chi connectivity index (χ2n) is 6.38. The Bertz CT molecular complexity index is 767. The number of hydroxylamine groups is 2. The molecule has 2 aromatic rings. The molecule has 3 heterocycles. The van der Waals surface area contributed by atoms with Crippen molar-refractivity contribution < 1.29 is 14.4 Å². The number of hydrogen-bond donors (Lipinski definition) is 0. The van der Waals surface area contributed by atoms with Crippen molar-refractivity contribution in [1.82, 2.24) is 9.63 Å². The number of benzene rings is 1. The van der Waals surface area contributed by atoms with Gasteiger partial charge in [-0.2, -0.15) is 5.06 Å². The van der Waals surface area contributed by atoms with Crippen molar-refractivity contribution in [2.45, 2.75) is 31.9 Å². The fraction of sp³-hybridized carbons (Fsp3) is 0.500. The number of esters is 1. The number of hydrogen-bond acceptors (Lipinski definition) is 4. The SMILES string of the molecule is CC[C@@H]1[C@@H](C(=O)OC)[C@H]2ON1CCc1c2n(C)c2ccccc12. The van der Waals surface area contributed by atoms with Gasteiger partial charge in [-0.15, -0.1) is 0 Å². The van der Waals surface area contributed by atoms with E-state index >= 15 is 0 Å². The van der Waals surface area contributed by atoms with Crippen LogP contribution in [0.25, 0.3) is 10.9 Å². The first-order valence-electron chi connectivity index (χ1n) is 8.24. The second kappa shape index (κ2) is 5.35. The lowest BCUT2D eigenvalue weighted by molar-refractivity contribution is -0.163. The van der Waals surface area contributed by atoms with Gasteiger partial charge in [0.05, 0.1) is 18.8 Å². The summed E-state index contributed by atoms with van der Waals surface area (Å²) in [6.45, 7) is 2.91. The van der Waals surface area contributed by atoms with Crippen LogP contribution in [-0.4, -0.2) is 35.3 Å². The molecular weight excluding hydrogens is 292 g/mol. The van der Waals surface area contributed by atoms with E-state index < -0.39 is 0 Å². The molecule has 5 heteroatoms. The first kappa shape index (κ1) is 14.7. The summed E-state index contributed by atoms with van der Waals surface area (Å²) in [6.07, 6.45) is 1.55. The van der Waals surface area contributed by atoms with Crippen LogP contribution in [0.5, 0.6) is 0 Å². The van der Waals surface area contributed by atoms with Gasteiger partial charge < -0.3 is 9.30 Å². The predicted molar refractivity (Wildman–Crippen MR) is 86.7 cm³/mol. The molecule has 5 nitrogen and oxygen atoms in total. The van der Waals surface area contributed by atoms with Crippen LogP contribution in [0.1, 0.15) is 30.7 Å². The maximum Gasteiger partial charge on any atom is 0.313 e. The fourth-order valence-electron chi connectivity index (χ4n) is 4.32. The van der Waals surface area contributed by atoms with E-state index in [1.165, 1.54) is 23.6 Å². The number of para-hydroxylation sites is 1. The number of carbonyl (C=O) groups excluding carboxylic acids is 1. The third-order valence-corrected chi connectivity index (χ3v) is 5.36. The van der Waals surface area contributed by atoms with Crippen molar-refractivity contribution in [3.63, 3.8) is 0 Å². The molecule has 1 fully saturated rings. The van der Waals surface area contributed by atoms with E-state index in [4.69, 9.17) is 9.57 Å². The summed E-state index contributed by atoms with van der Waals surface area (Å²) in [5.41, 5.74) is 3.62. The van der Waals surface area contributed by atoms with Gasteiger partial charge in [-0.3, -0.25) is 9.63 Å². The number of carbonyl (C=O) groups is 1. The van der Waals surface area contributed by atoms with E-state index in [9.17, 15) is 4.79 Å². The van der Waals surface area contributed by atoms with Gasteiger partial charge in [-0.25, -0.2) is 0 Å². The molecule has 0 spiro atoms. The lowest BCUT2D eigenvalue weighted by Crippen LogP contribution is -2.37. The largest absolute Gasteiger partial charge is 0.469 e. The Morgan fingerprint density at radius 2 is 2.17 bits per heavy atom. The molecular formula is C18H22N2O3.